The van der Waals surface area contributed by atoms with Crippen molar-refractivity contribution in [2.24, 2.45) is 0 Å². The predicted octanol–water partition coefficient (Wildman–Crippen LogP) is -0.0610. The zero-order chi connectivity index (χ0) is 14.3. The van der Waals surface area contributed by atoms with E-state index in [4.69, 9.17) is 9.63 Å². The SMILES string of the molecule is Cc1noc(-c2ccc3nn(CC(=O)O)c(=O)n3c2)n1. The fourth-order valence-corrected chi connectivity index (χ4v) is 1.79. The summed E-state index contributed by atoms with van der Waals surface area (Å²) in [5.41, 5.74) is 0.354. The molecule has 0 fully saturated rings. The molecule has 0 spiro atoms. The summed E-state index contributed by atoms with van der Waals surface area (Å²) in [4.78, 5) is 26.7. The van der Waals surface area contributed by atoms with Gasteiger partial charge < -0.3 is 9.63 Å². The third kappa shape index (κ3) is 1.94. The molecule has 0 saturated heterocycles. The van der Waals surface area contributed by atoms with Crippen LogP contribution in [0.4, 0.5) is 0 Å². The van der Waals surface area contributed by atoms with E-state index in [0.717, 1.165) is 4.68 Å². The average molecular weight is 275 g/mol. The number of aliphatic carboxylic acids is 1. The van der Waals surface area contributed by atoms with Gasteiger partial charge in [-0.3, -0.25) is 4.79 Å². The summed E-state index contributed by atoms with van der Waals surface area (Å²) < 4.78 is 7.12. The van der Waals surface area contributed by atoms with E-state index >= 15 is 0 Å². The van der Waals surface area contributed by atoms with Crippen molar-refractivity contribution in [3.63, 3.8) is 0 Å². The average Bonchev–Trinajstić information content (AvgIpc) is 2.95. The molecule has 0 atom stereocenters. The molecule has 3 rings (SSSR count). The van der Waals surface area contributed by atoms with Crippen LogP contribution in [0.25, 0.3) is 17.1 Å². The molecule has 0 aliphatic carbocycles. The standard InChI is InChI=1S/C11H9N5O4/c1-6-12-10(20-14-6)7-2-3-8-13-16(5-9(17)18)11(19)15(8)4-7/h2-4H,5H2,1H3,(H,17,18). The second kappa shape index (κ2) is 4.30. The molecule has 0 aliphatic heterocycles. The van der Waals surface area contributed by atoms with Gasteiger partial charge in [0.25, 0.3) is 5.89 Å². The number of fused-ring (bicyclic) bond motifs is 1. The number of carbonyl (C=O) groups is 1. The Kier molecular flexibility index (Phi) is 2.60. The van der Waals surface area contributed by atoms with Crippen molar-refractivity contribution >= 4 is 11.6 Å². The van der Waals surface area contributed by atoms with E-state index in [-0.39, 0.29) is 5.89 Å². The van der Waals surface area contributed by atoms with Crippen molar-refractivity contribution in [2.45, 2.75) is 13.5 Å². The Labute approximate surface area is 111 Å². The lowest BCUT2D eigenvalue weighted by Gasteiger charge is -1.94. The molecule has 0 saturated carbocycles. The largest absolute Gasteiger partial charge is 0.480 e. The normalized spacial score (nSPS) is 11.1. The fourth-order valence-electron chi connectivity index (χ4n) is 1.79. The van der Waals surface area contributed by atoms with E-state index in [9.17, 15) is 9.59 Å². The highest BCUT2D eigenvalue weighted by molar-refractivity contribution is 5.66. The summed E-state index contributed by atoms with van der Waals surface area (Å²) in [7, 11) is 0. The van der Waals surface area contributed by atoms with Gasteiger partial charge in [0.1, 0.15) is 6.54 Å². The van der Waals surface area contributed by atoms with Crippen molar-refractivity contribution in [1.29, 1.82) is 0 Å². The predicted molar refractivity (Wildman–Crippen MR) is 65.1 cm³/mol. The quantitative estimate of drug-likeness (QED) is 0.711. The maximum absolute atomic E-state index is 12.0. The van der Waals surface area contributed by atoms with Gasteiger partial charge in [0.05, 0.1) is 5.56 Å². The third-order valence-corrected chi connectivity index (χ3v) is 2.64. The van der Waals surface area contributed by atoms with Crippen LogP contribution in [0.2, 0.25) is 0 Å². The van der Waals surface area contributed by atoms with Gasteiger partial charge in [0.2, 0.25) is 0 Å². The lowest BCUT2D eigenvalue weighted by molar-refractivity contribution is -0.137. The molecule has 0 aliphatic rings. The smallest absolute Gasteiger partial charge is 0.350 e. The second-order valence-corrected chi connectivity index (χ2v) is 4.13. The first-order valence-corrected chi connectivity index (χ1v) is 5.66. The van der Waals surface area contributed by atoms with Crippen LogP contribution in [0.3, 0.4) is 0 Å². The summed E-state index contributed by atoms with van der Waals surface area (Å²) in [5, 5.41) is 16.3. The van der Waals surface area contributed by atoms with Crippen LogP contribution in [0.5, 0.6) is 0 Å². The van der Waals surface area contributed by atoms with Crippen molar-refractivity contribution in [1.82, 2.24) is 24.3 Å². The highest BCUT2D eigenvalue weighted by atomic mass is 16.5. The maximum Gasteiger partial charge on any atom is 0.350 e. The molecule has 9 heteroatoms. The molecular formula is C11H9N5O4. The second-order valence-electron chi connectivity index (χ2n) is 4.13. The van der Waals surface area contributed by atoms with E-state index in [2.05, 4.69) is 15.2 Å². The topological polar surface area (TPSA) is 116 Å². The molecule has 3 heterocycles. The van der Waals surface area contributed by atoms with Gasteiger partial charge in [0.15, 0.2) is 11.5 Å². The van der Waals surface area contributed by atoms with Gasteiger partial charge in [-0.05, 0) is 19.1 Å². The summed E-state index contributed by atoms with van der Waals surface area (Å²) in [6.45, 7) is 1.19. The molecular weight excluding hydrogens is 266 g/mol. The van der Waals surface area contributed by atoms with Crippen molar-refractivity contribution in [2.75, 3.05) is 0 Å². The van der Waals surface area contributed by atoms with Crippen molar-refractivity contribution in [3.8, 4) is 11.5 Å². The summed E-state index contributed by atoms with van der Waals surface area (Å²) in [5.74, 6) is -0.375. The molecule has 0 radical (unpaired) electrons. The maximum atomic E-state index is 12.0. The van der Waals surface area contributed by atoms with Crippen molar-refractivity contribution in [3.05, 3.63) is 34.6 Å². The number of rotatable bonds is 3. The zero-order valence-corrected chi connectivity index (χ0v) is 10.3. The Morgan fingerprint density at radius 3 is 2.90 bits per heavy atom. The van der Waals surface area contributed by atoms with Gasteiger partial charge in [-0.25, -0.2) is 13.9 Å². The molecule has 1 N–H and O–H groups in total. The number of aromatic nitrogens is 5. The number of pyridine rings is 1. The molecule has 0 amide bonds. The van der Waals surface area contributed by atoms with E-state index in [0.29, 0.717) is 17.0 Å². The Morgan fingerprint density at radius 2 is 2.25 bits per heavy atom. The van der Waals surface area contributed by atoms with Gasteiger partial charge in [-0.2, -0.15) is 4.98 Å². The van der Waals surface area contributed by atoms with E-state index < -0.39 is 18.2 Å². The van der Waals surface area contributed by atoms with E-state index in [1.54, 1.807) is 19.1 Å². The Balaban J connectivity index is 2.13. The number of carboxylic acid groups (broad SMARTS) is 1. The van der Waals surface area contributed by atoms with E-state index in [1.807, 2.05) is 0 Å². The van der Waals surface area contributed by atoms with Gasteiger partial charge in [-0.1, -0.05) is 5.16 Å². The summed E-state index contributed by atoms with van der Waals surface area (Å²) in [6.07, 6.45) is 1.48. The summed E-state index contributed by atoms with van der Waals surface area (Å²) in [6, 6.07) is 3.24. The van der Waals surface area contributed by atoms with Crippen LogP contribution in [-0.2, 0) is 11.3 Å². The molecule has 0 unspecified atom stereocenters. The molecule has 0 bridgehead atoms. The van der Waals surface area contributed by atoms with Gasteiger partial charge in [0, 0.05) is 6.20 Å². The minimum Gasteiger partial charge on any atom is -0.480 e. The number of nitrogens with zero attached hydrogens (tertiary/aromatic N) is 5. The minimum atomic E-state index is -1.14. The third-order valence-electron chi connectivity index (χ3n) is 2.64. The van der Waals surface area contributed by atoms with Crippen LogP contribution in [-0.4, -0.2) is 35.4 Å². The molecule has 102 valence electrons. The summed E-state index contributed by atoms with van der Waals surface area (Å²) >= 11 is 0. The van der Waals surface area contributed by atoms with E-state index in [1.165, 1.54) is 10.6 Å². The van der Waals surface area contributed by atoms with Gasteiger partial charge in [-0.15, -0.1) is 5.10 Å². The first-order chi connectivity index (χ1) is 9.54. The minimum absolute atomic E-state index is 0.280. The fraction of sp³-hybridized carbons (Fsp3) is 0.182. The van der Waals surface area contributed by atoms with Gasteiger partial charge >= 0.3 is 11.7 Å². The number of hydrogen-bond donors (Lipinski definition) is 1. The van der Waals surface area contributed by atoms with Crippen LogP contribution >= 0.6 is 0 Å². The van der Waals surface area contributed by atoms with Crippen LogP contribution < -0.4 is 5.69 Å². The molecule has 20 heavy (non-hydrogen) atoms. The first-order valence-electron chi connectivity index (χ1n) is 5.66. The van der Waals surface area contributed by atoms with Crippen LogP contribution in [0.15, 0.2) is 27.6 Å². The molecule has 3 aromatic heterocycles. The number of carboxylic acids is 1. The number of hydrogen-bond acceptors (Lipinski definition) is 6. The van der Waals surface area contributed by atoms with Crippen molar-refractivity contribution < 1.29 is 14.4 Å². The first kappa shape index (κ1) is 12.1. The Bertz CT molecular complexity index is 859. The molecule has 0 aromatic carbocycles. The number of aryl methyl sites for hydroxylation is 1. The molecule has 3 aromatic rings. The monoisotopic (exact) mass is 275 g/mol. The zero-order valence-electron chi connectivity index (χ0n) is 10.3. The van der Waals surface area contributed by atoms with Crippen LogP contribution in [0, 0.1) is 6.92 Å². The lowest BCUT2D eigenvalue weighted by Crippen LogP contribution is -2.24. The van der Waals surface area contributed by atoms with Crippen LogP contribution in [0.1, 0.15) is 5.82 Å². The highest BCUT2D eigenvalue weighted by Crippen LogP contribution is 2.16. The lowest BCUT2D eigenvalue weighted by atomic mass is 10.3. The molecule has 9 nitrogen and oxygen atoms in total. The Hall–Kier alpha value is -2.97. The highest BCUT2D eigenvalue weighted by Gasteiger charge is 2.12. The Morgan fingerprint density at radius 1 is 1.45 bits per heavy atom.